The van der Waals surface area contributed by atoms with Gasteiger partial charge in [0.05, 0.1) is 12.8 Å². The highest BCUT2D eigenvalue weighted by atomic mass is 32.1. The molecule has 158 valence electrons. The molecular weight excluding hydrogens is 404 g/mol. The lowest BCUT2D eigenvalue weighted by Gasteiger charge is -2.38. The number of hydrogen-bond donors (Lipinski definition) is 1. The number of carbonyl (C=O) groups is 1. The first-order valence-corrected chi connectivity index (χ1v) is 10.9. The lowest BCUT2D eigenvalue weighted by atomic mass is 9.76. The summed E-state index contributed by atoms with van der Waals surface area (Å²) in [4.78, 5) is 15.2. The number of methoxy groups -OCH3 is 1. The van der Waals surface area contributed by atoms with E-state index in [4.69, 9.17) is 17.0 Å². The molecule has 3 aromatic carbocycles. The summed E-state index contributed by atoms with van der Waals surface area (Å²) in [6.45, 7) is 1.20. The highest BCUT2D eigenvalue weighted by Crippen LogP contribution is 2.36. The topological polar surface area (TPSA) is 41.6 Å². The first kappa shape index (κ1) is 21.1. The molecule has 0 spiro atoms. The van der Waals surface area contributed by atoms with Crippen LogP contribution in [0.15, 0.2) is 84.9 Å². The minimum Gasteiger partial charge on any atom is -0.495 e. The predicted octanol–water partition coefficient (Wildman–Crippen LogP) is 5.12. The maximum atomic E-state index is 13.1. The number of nitrogens with zero attached hydrogens (tertiary/aromatic N) is 1. The van der Waals surface area contributed by atoms with Gasteiger partial charge in [-0.1, -0.05) is 72.8 Å². The largest absolute Gasteiger partial charge is 0.495 e. The summed E-state index contributed by atoms with van der Waals surface area (Å²) in [6, 6.07) is 28.3. The van der Waals surface area contributed by atoms with Gasteiger partial charge >= 0.3 is 0 Å². The van der Waals surface area contributed by atoms with Crippen molar-refractivity contribution in [3.63, 3.8) is 0 Å². The molecule has 0 aromatic heterocycles. The van der Waals surface area contributed by atoms with Crippen LogP contribution in [0.2, 0.25) is 0 Å². The number of anilines is 1. The number of para-hydroxylation sites is 2. The van der Waals surface area contributed by atoms with Gasteiger partial charge in [-0.25, -0.2) is 0 Å². The predicted molar refractivity (Wildman–Crippen MR) is 129 cm³/mol. The van der Waals surface area contributed by atoms with Crippen LogP contribution in [0.4, 0.5) is 5.69 Å². The minimum atomic E-state index is -0.170. The summed E-state index contributed by atoms with van der Waals surface area (Å²) < 4.78 is 5.43. The molecule has 0 saturated carbocycles. The second kappa shape index (κ2) is 9.75. The van der Waals surface area contributed by atoms with Crippen molar-refractivity contribution in [3.8, 4) is 5.75 Å². The number of likely N-dealkylation sites (tertiary alicyclic amines) is 1. The molecule has 1 saturated heterocycles. The summed E-state index contributed by atoms with van der Waals surface area (Å²) in [5.41, 5.74) is 3.13. The zero-order valence-electron chi connectivity index (χ0n) is 17.5. The Hall–Kier alpha value is -3.18. The van der Waals surface area contributed by atoms with Crippen molar-refractivity contribution in [2.45, 2.75) is 12.3 Å². The van der Waals surface area contributed by atoms with Gasteiger partial charge in [-0.3, -0.25) is 4.79 Å². The van der Waals surface area contributed by atoms with Crippen LogP contribution in [0.1, 0.15) is 23.5 Å². The van der Waals surface area contributed by atoms with Gasteiger partial charge < -0.3 is 15.0 Å². The van der Waals surface area contributed by atoms with Crippen LogP contribution < -0.4 is 10.1 Å². The number of thiocarbonyl (C=S) groups is 1. The summed E-state index contributed by atoms with van der Waals surface area (Å²) in [5.74, 6) is 0.845. The Balaban J connectivity index is 1.59. The van der Waals surface area contributed by atoms with E-state index in [2.05, 4.69) is 34.5 Å². The molecule has 1 aliphatic rings. The van der Waals surface area contributed by atoms with Crippen LogP contribution >= 0.6 is 12.2 Å². The highest BCUT2D eigenvalue weighted by Gasteiger charge is 2.36. The van der Waals surface area contributed by atoms with E-state index in [0.29, 0.717) is 24.6 Å². The lowest BCUT2D eigenvalue weighted by Crippen LogP contribution is -2.47. The van der Waals surface area contributed by atoms with Crippen molar-refractivity contribution in [1.82, 2.24) is 4.90 Å². The number of hydrogen-bond acceptors (Lipinski definition) is 3. The molecule has 31 heavy (non-hydrogen) atoms. The molecule has 4 rings (SSSR count). The summed E-state index contributed by atoms with van der Waals surface area (Å²) in [6.07, 6.45) is 0.481. The molecule has 0 radical (unpaired) electrons. The van der Waals surface area contributed by atoms with Gasteiger partial charge in [0, 0.05) is 31.3 Å². The molecule has 1 fully saturated rings. The fraction of sp³-hybridized carbons (Fsp3) is 0.231. The van der Waals surface area contributed by atoms with E-state index in [1.807, 2.05) is 60.7 Å². The Morgan fingerprint density at radius 2 is 1.55 bits per heavy atom. The van der Waals surface area contributed by atoms with E-state index in [1.165, 1.54) is 0 Å². The third-order valence-corrected chi connectivity index (χ3v) is 6.17. The van der Waals surface area contributed by atoms with Gasteiger partial charge in [-0.2, -0.15) is 0 Å². The lowest BCUT2D eigenvalue weighted by molar-refractivity contribution is -0.125. The Morgan fingerprint density at radius 1 is 0.968 bits per heavy atom. The van der Waals surface area contributed by atoms with Crippen LogP contribution in [0.5, 0.6) is 5.75 Å². The van der Waals surface area contributed by atoms with E-state index < -0.39 is 0 Å². The number of Topliss-reactive ketones (excluding diaryl/α,β-unsaturated/α-hetero) is 1. The molecular formula is C26H26N2O2S. The van der Waals surface area contributed by atoms with E-state index in [1.54, 1.807) is 7.11 Å². The SMILES string of the molecule is COc1ccccc1NC(=S)N1CCC(=O)C(C(c2ccccc2)c2ccccc2)C1. The van der Waals surface area contributed by atoms with Crippen molar-refractivity contribution in [1.29, 1.82) is 0 Å². The molecule has 5 heteroatoms. The zero-order valence-corrected chi connectivity index (χ0v) is 18.3. The fourth-order valence-corrected chi connectivity index (χ4v) is 4.53. The molecule has 0 bridgehead atoms. The molecule has 1 unspecified atom stereocenters. The van der Waals surface area contributed by atoms with Crippen molar-refractivity contribution in [2.24, 2.45) is 5.92 Å². The van der Waals surface area contributed by atoms with Gasteiger partial charge in [-0.15, -0.1) is 0 Å². The molecule has 3 aromatic rings. The second-order valence-corrected chi connectivity index (χ2v) is 8.08. The van der Waals surface area contributed by atoms with Gasteiger partial charge in [0.1, 0.15) is 11.5 Å². The Bertz CT molecular complexity index is 1000. The van der Waals surface area contributed by atoms with Crippen LogP contribution in [-0.4, -0.2) is 36.0 Å². The number of ketones is 1. The first-order valence-electron chi connectivity index (χ1n) is 10.5. The van der Waals surface area contributed by atoms with Crippen molar-refractivity contribution >= 4 is 28.8 Å². The van der Waals surface area contributed by atoms with Crippen LogP contribution in [-0.2, 0) is 4.79 Å². The number of ether oxygens (including phenoxy) is 1. The summed E-state index contributed by atoms with van der Waals surface area (Å²) in [5, 5.41) is 3.92. The Labute approximate surface area is 188 Å². The normalized spacial score (nSPS) is 16.3. The number of piperidine rings is 1. The van der Waals surface area contributed by atoms with E-state index >= 15 is 0 Å². The number of rotatable bonds is 5. The Morgan fingerprint density at radius 3 is 2.16 bits per heavy atom. The minimum absolute atomic E-state index is 0.00763. The number of carbonyl (C=O) groups excluding carboxylic acids is 1. The van der Waals surface area contributed by atoms with Crippen LogP contribution in [0.3, 0.4) is 0 Å². The maximum absolute atomic E-state index is 13.1. The van der Waals surface area contributed by atoms with E-state index in [-0.39, 0.29) is 17.6 Å². The summed E-state index contributed by atoms with van der Waals surface area (Å²) in [7, 11) is 1.64. The van der Waals surface area contributed by atoms with Crippen LogP contribution in [0, 0.1) is 5.92 Å². The molecule has 1 N–H and O–H groups in total. The fourth-order valence-electron chi connectivity index (χ4n) is 4.26. The molecule has 1 heterocycles. The first-order chi connectivity index (χ1) is 15.2. The quantitative estimate of drug-likeness (QED) is 0.570. The van der Waals surface area contributed by atoms with Gasteiger partial charge in [-0.05, 0) is 35.5 Å². The van der Waals surface area contributed by atoms with Crippen molar-refractivity contribution in [3.05, 3.63) is 96.1 Å². The standard InChI is InChI=1S/C26H26N2O2S/c1-30-24-15-9-8-14-22(24)27-26(31)28-17-16-23(29)21(18-28)25(19-10-4-2-5-11-19)20-12-6-3-7-13-20/h2-15,21,25H,16-18H2,1H3,(H,27,31). The second-order valence-electron chi connectivity index (χ2n) is 7.70. The number of nitrogens with one attached hydrogen (secondary N) is 1. The van der Waals surface area contributed by atoms with Crippen molar-refractivity contribution in [2.75, 3.05) is 25.5 Å². The average molecular weight is 431 g/mol. The molecule has 1 atom stereocenters. The summed E-state index contributed by atoms with van der Waals surface area (Å²) >= 11 is 5.72. The monoisotopic (exact) mass is 430 g/mol. The van der Waals surface area contributed by atoms with Crippen LogP contribution in [0.25, 0.3) is 0 Å². The van der Waals surface area contributed by atoms with Crippen molar-refractivity contribution < 1.29 is 9.53 Å². The van der Waals surface area contributed by atoms with E-state index in [9.17, 15) is 4.79 Å². The molecule has 0 amide bonds. The highest BCUT2D eigenvalue weighted by molar-refractivity contribution is 7.80. The zero-order chi connectivity index (χ0) is 21.6. The molecule has 0 aliphatic carbocycles. The smallest absolute Gasteiger partial charge is 0.173 e. The van der Waals surface area contributed by atoms with Gasteiger partial charge in [0.25, 0.3) is 0 Å². The third-order valence-electron chi connectivity index (χ3n) is 5.81. The molecule has 4 nitrogen and oxygen atoms in total. The number of benzene rings is 3. The average Bonchev–Trinajstić information content (AvgIpc) is 2.82. The molecule has 1 aliphatic heterocycles. The Kier molecular flexibility index (Phi) is 6.63. The van der Waals surface area contributed by atoms with Gasteiger partial charge in [0.2, 0.25) is 0 Å². The van der Waals surface area contributed by atoms with E-state index in [0.717, 1.165) is 22.6 Å². The third kappa shape index (κ3) is 4.78. The van der Waals surface area contributed by atoms with Gasteiger partial charge in [0.15, 0.2) is 5.11 Å². The maximum Gasteiger partial charge on any atom is 0.173 e.